The predicted molar refractivity (Wildman–Crippen MR) is 43.2 cm³/mol. The fraction of sp³-hybridized carbons (Fsp3) is 1.00. The lowest BCUT2D eigenvalue weighted by Gasteiger charge is -2.05. The van der Waals surface area contributed by atoms with Gasteiger partial charge in [-0.3, -0.25) is 0 Å². The molecule has 0 aromatic rings. The molecular formula is C5H13O3SSi-. The van der Waals surface area contributed by atoms with Crippen LogP contribution in [0.1, 0.15) is 6.42 Å². The molecule has 0 aromatic carbocycles. The Morgan fingerprint density at radius 2 is 2.20 bits per heavy atom. The summed E-state index contributed by atoms with van der Waals surface area (Å²) in [7, 11) is -0.514. The molecule has 1 unspecified atom stereocenters. The zero-order valence-electron chi connectivity index (χ0n) is 6.33. The molecule has 0 amide bonds. The van der Waals surface area contributed by atoms with Gasteiger partial charge in [0.05, 0.1) is 18.0 Å². The van der Waals surface area contributed by atoms with Gasteiger partial charge in [0.15, 0.2) is 0 Å². The Morgan fingerprint density at radius 3 is 2.60 bits per heavy atom. The average molecular weight is 181 g/mol. The second-order valence-corrected chi connectivity index (χ2v) is 6.57. The second-order valence-electron chi connectivity index (χ2n) is 2.56. The van der Waals surface area contributed by atoms with Gasteiger partial charge in [0.1, 0.15) is 0 Å². The summed E-state index contributed by atoms with van der Waals surface area (Å²) in [6.45, 7) is 4.81. The van der Waals surface area contributed by atoms with Gasteiger partial charge in [0, 0.05) is 8.80 Å². The lowest BCUT2D eigenvalue weighted by atomic mass is 10.5. The van der Waals surface area contributed by atoms with E-state index in [9.17, 15) is 8.76 Å². The van der Waals surface area contributed by atoms with Crippen LogP contribution in [0.4, 0.5) is 0 Å². The molecule has 62 valence electrons. The lowest BCUT2D eigenvalue weighted by Crippen LogP contribution is -2.03. The minimum Gasteiger partial charge on any atom is -0.750 e. The van der Waals surface area contributed by atoms with Crippen molar-refractivity contribution in [2.24, 2.45) is 0 Å². The average Bonchev–Trinajstić information content (AvgIpc) is 1.79. The topological polar surface area (TPSA) is 49.4 Å². The highest BCUT2D eigenvalue weighted by molar-refractivity contribution is 7.74. The van der Waals surface area contributed by atoms with E-state index in [1.165, 1.54) is 0 Å². The first-order valence-corrected chi connectivity index (χ1v) is 7.48. The molecule has 1 atom stereocenters. The second kappa shape index (κ2) is 6.03. The molecule has 0 aliphatic heterocycles. The highest BCUT2D eigenvalue weighted by Gasteiger charge is 1.94. The molecular weight excluding hydrogens is 168 g/mol. The molecule has 0 fully saturated rings. The highest BCUT2D eigenvalue weighted by Crippen LogP contribution is 1.97. The van der Waals surface area contributed by atoms with E-state index < -0.39 is 20.2 Å². The third-order valence-electron chi connectivity index (χ3n) is 1.11. The van der Waals surface area contributed by atoms with Crippen molar-refractivity contribution in [3.8, 4) is 0 Å². The van der Waals surface area contributed by atoms with Crippen LogP contribution in [-0.2, 0) is 15.5 Å². The van der Waals surface area contributed by atoms with Crippen LogP contribution in [-0.4, -0.2) is 24.2 Å². The lowest BCUT2D eigenvalue weighted by molar-refractivity contribution is 0.300. The fourth-order valence-corrected chi connectivity index (χ4v) is 1.86. The molecule has 0 aliphatic carbocycles. The van der Waals surface area contributed by atoms with Gasteiger partial charge in [0.2, 0.25) is 0 Å². The third-order valence-corrected chi connectivity index (χ3v) is 3.03. The molecule has 10 heavy (non-hydrogen) atoms. The smallest absolute Gasteiger partial charge is 0.0842 e. The highest BCUT2D eigenvalue weighted by atomic mass is 32.2. The Bertz CT molecular complexity index is 107. The molecule has 0 heterocycles. The van der Waals surface area contributed by atoms with Crippen LogP contribution in [0.2, 0.25) is 19.1 Å². The molecule has 0 aliphatic rings. The summed E-state index contributed by atoms with van der Waals surface area (Å²) < 4.78 is 24.0. The normalized spacial score (nSPS) is 14.0. The first-order valence-electron chi connectivity index (χ1n) is 3.35. The molecule has 3 nitrogen and oxygen atoms in total. The zero-order chi connectivity index (χ0) is 7.98. The quantitative estimate of drug-likeness (QED) is 0.356. The van der Waals surface area contributed by atoms with Crippen LogP contribution in [0, 0.1) is 0 Å². The number of rotatable bonds is 5. The van der Waals surface area contributed by atoms with Gasteiger partial charge in [-0.05, 0) is 6.42 Å². The van der Waals surface area contributed by atoms with Crippen LogP contribution in [0.15, 0.2) is 0 Å². The maximum atomic E-state index is 9.83. The van der Waals surface area contributed by atoms with Crippen molar-refractivity contribution in [1.82, 2.24) is 0 Å². The van der Waals surface area contributed by atoms with E-state index in [0.29, 0.717) is 6.61 Å². The summed E-state index contributed by atoms with van der Waals surface area (Å²) in [5.74, 6) is 0. The van der Waals surface area contributed by atoms with E-state index in [0.717, 1.165) is 12.5 Å². The Balaban J connectivity index is 2.98. The van der Waals surface area contributed by atoms with Crippen LogP contribution < -0.4 is 0 Å². The summed E-state index contributed by atoms with van der Waals surface area (Å²) >= 11 is -2.31. The van der Waals surface area contributed by atoms with Gasteiger partial charge < -0.3 is 8.74 Å². The van der Waals surface area contributed by atoms with Crippen molar-refractivity contribution in [2.75, 3.05) is 6.61 Å². The molecule has 0 saturated carbocycles. The molecule has 0 saturated heterocycles. The number of hydrogen-bond donors (Lipinski definition) is 0. The molecule has 0 rings (SSSR count). The van der Waals surface area contributed by atoms with Crippen LogP contribution in [0.25, 0.3) is 0 Å². The molecule has 0 aromatic heterocycles. The Kier molecular flexibility index (Phi) is 6.20. The minimum absolute atomic E-state index is 0.349. The Hall–Kier alpha value is 0.287. The standard InChI is InChI=1S/C5H14O3SSi/c1-10(2)5-3-4-8-9(6)7/h10H,3-5H2,1-2H3,(H,6,7)/p-1. The van der Waals surface area contributed by atoms with E-state index in [-0.39, 0.29) is 0 Å². The predicted octanol–water partition coefficient (Wildman–Crippen LogP) is 0.674. The van der Waals surface area contributed by atoms with Crippen molar-refractivity contribution in [3.63, 3.8) is 0 Å². The van der Waals surface area contributed by atoms with E-state index in [2.05, 4.69) is 17.3 Å². The van der Waals surface area contributed by atoms with Gasteiger partial charge in [-0.1, -0.05) is 19.1 Å². The number of hydrogen-bond acceptors (Lipinski definition) is 3. The van der Waals surface area contributed by atoms with Gasteiger partial charge in [-0.2, -0.15) is 0 Å². The van der Waals surface area contributed by atoms with Crippen molar-refractivity contribution >= 4 is 20.2 Å². The van der Waals surface area contributed by atoms with Crippen LogP contribution in [0.3, 0.4) is 0 Å². The summed E-state index contributed by atoms with van der Waals surface area (Å²) in [6.07, 6.45) is 0.873. The molecule has 0 bridgehead atoms. The van der Waals surface area contributed by atoms with Crippen molar-refractivity contribution in [1.29, 1.82) is 0 Å². The summed E-state index contributed by atoms with van der Waals surface area (Å²) in [6, 6.07) is 1.15. The first kappa shape index (κ1) is 10.3. The largest absolute Gasteiger partial charge is 0.750 e. The SMILES string of the molecule is C[SiH](C)CCCOS(=O)[O-]. The van der Waals surface area contributed by atoms with Gasteiger partial charge in [0.25, 0.3) is 0 Å². The van der Waals surface area contributed by atoms with E-state index in [1.54, 1.807) is 0 Å². The molecule has 0 spiro atoms. The van der Waals surface area contributed by atoms with Crippen LogP contribution in [0.5, 0.6) is 0 Å². The van der Waals surface area contributed by atoms with Crippen molar-refractivity contribution < 1.29 is 12.9 Å². The summed E-state index contributed by atoms with van der Waals surface area (Å²) in [5.41, 5.74) is 0. The fourth-order valence-electron chi connectivity index (χ4n) is 0.619. The van der Waals surface area contributed by atoms with Gasteiger partial charge in [-0.15, -0.1) is 0 Å². The van der Waals surface area contributed by atoms with Crippen molar-refractivity contribution in [3.05, 3.63) is 0 Å². The summed E-state index contributed by atoms with van der Waals surface area (Å²) in [4.78, 5) is 0. The zero-order valence-corrected chi connectivity index (χ0v) is 8.30. The van der Waals surface area contributed by atoms with Crippen LogP contribution >= 0.6 is 0 Å². The summed E-state index contributed by atoms with van der Waals surface area (Å²) in [5, 5.41) is 0. The maximum Gasteiger partial charge on any atom is 0.0842 e. The van der Waals surface area contributed by atoms with E-state index in [1.807, 2.05) is 0 Å². The van der Waals surface area contributed by atoms with Crippen molar-refractivity contribution in [2.45, 2.75) is 25.6 Å². The Morgan fingerprint density at radius 1 is 1.60 bits per heavy atom. The van der Waals surface area contributed by atoms with Gasteiger partial charge in [-0.25, -0.2) is 4.21 Å². The first-order chi connectivity index (χ1) is 4.63. The Labute approximate surface area is 65.9 Å². The van der Waals surface area contributed by atoms with E-state index >= 15 is 0 Å². The molecule has 0 radical (unpaired) electrons. The third kappa shape index (κ3) is 8.29. The molecule has 5 heteroatoms. The minimum atomic E-state index is -2.31. The van der Waals surface area contributed by atoms with E-state index in [4.69, 9.17) is 0 Å². The van der Waals surface area contributed by atoms with Gasteiger partial charge >= 0.3 is 0 Å². The monoisotopic (exact) mass is 181 g/mol. The maximum absolute atomic E-state index is 9.83. The molecule has 0 N–H and O–H groups in total.